The minimum absolute atomic E-state index is 0.0759. The lowest BCUT2D eigenvalue weighted by atomic mass is 9.43. The van der Waals surface area contributed by atoms with E-state index in [0.717, 1.165) is 37.5 Å². The molecule has 29 heavy (non-hydrogen) atoms. The lowest BCUT2D eigenvalue weighted by Gasteiger charge is -2.63. The van der Waals surface area contributed by atoms with Crippen LogP contribution in [0.15, 0.2) is 0 Å². The fourth-order valence-electron chi connectivity index (χ4n) is 8.92. The van der Waals surface area contributed by atoms with E-state index in [1.807, 2.05) is 0 Å². The summed E-state index contributed by atoms with van der Waals surface area (Å²) < 4.78 is 4.88. The summed E-state index contributed by atoms with van der Waals surface area (Å²) >= 11 is 0. The summed E-state index contributed by atoms with van der Waals surface area (Å²) in [4.78, 5) is 11.7. The number of hydrogen-bond acceptors (Lipinski definition) is 4. The number of hydrogen-bond donors (Lipinski definition) is 2. The van der Waals surface area contributed by atoms with Gasteiger partial charge in [-0.3, -0.25) is 4.79 Å². The van der Waals surface area contributed by atoms with Crippen LogP contribution in [-0.4, -0.2) is 30.3 Å². The minimum Gasteiger partial charge on any atom is -0.469 e. The first-order valence-electron chi connectivity index (χ1n) is 12.2. The number of carbonyl (C=O) groups excluding carboxylic acids is 1. The predicted molar refractivity (Wildman–Crippen MR) is 115 cm³/mol. The molecule has 4 saturated carbocycles. The van der Waals surface area contributed by atoms with Crippen LogP contribution in [0.1, 0.15) is 85.0 Å². The third kappa shape index (κ3) is 3.46. The Kier molecular flexibility index (Phi) is 5.83. The van der Waals surface area contributed by atoms with E-state index in [9.17, 15) is 9.90 Å². The molecule has 3 N–H and O–H groups in total. The van der Waals surface area contributed by atoms with Crippen LogP contribution in [-0.2, 0) is 9.53 Å². The zero-order valence-corrected chi connectivity index (χ0v) is 19.0. The Morgan fingerprint density at radius 2 is 1.79 bits per heavy atom. The highest BCUT2D eigenvalue weighted by molar-refractivity contribution is 5.69. The first-order chi connectivity index (χ1) is 13.7. The Labute approximate surface area is 177 Å². The number of fused-ring (bicyclic) bond motifs is 5. The fraction of sp³-hybridized carbons (Fsp3) is 0.960. The molecule has 0 heterocycles. The highest BCUT2D eigenvalue weighted by Crippen LogP contribution is 2.68. The molecule has 4 aliphatic carbocycles. The van der Waals surface area contributed by atoms with Crippen molar-refractivity contribution in [2.75, 3.05) is 7.11 Å². The largest absolute Gasteiger partial charge is 0.469 e. The standard InChI is InChI=1S/C25H43NO3/c1-15(5-8-22(28)29-4)18-6-7-19-23-20(10-12-25(18,19)3)24(2)11-9-17(27)13-16(24)14-21(23)26/h15-21,23,27H,5-14,26H2,1-4H3/t15-,16+,17-,18-,19+,20+,21-,23+,24+,25-/m1/s1. The molecule has 4 aliphatic rings. The van der Waals surface area contributed by atoms with Gasteiger partial charge >= 0.3 is 5.97 Å². The van der Waals surface area contributed by atoms with Gasteiger partial charge in [0.15, 0.2) is 0 Å². The van der Waals surface area contributed by atoms with Crippen molar-refractivity contribution in [2.24, 2.45) is 52.1 Å². The molecule has 166 valence electrons. The van der Waals surface area contributed by atoms with Crippen LogP contribution < -0.4 is 5.73 Å². The number of rotatable bonds is 4. The molecule has 0 amide bonds. The summed E-state index contributed by atoms with van der Waals surface area (Å²) in [7, 11) is 1.49. The molecule has 4 fully saturated rings. The smallest absolute Gasteiger partial charge is 0.305 e. The van der Waals surface area contributed by atoms with Crippen LogP contribution in [0.5, 0.6) is 0 Å². The van der Waals surface area contributed by atoms with E-state index >= 15 is 0 Å². The van der Waals surface area contributed by atoms with Crippen molar-refractivity contribution in [3.8, 4) is 0 Å². The number of aliphatic hydroxyl groups excluding tert-OH is 1. The van der Waals surface area contributed by atoms with Gasteiger partial charge in [-0.15, -0.1) is 0 Å². The maximum atomic E-state index is 11.7. The molecule has 4 rings (SSSR count). The van der Waals surface area contributed by atoms with Crippen LogP contribution in [0.4, 0.5) is 0 Å². The average Bonchev–Trinajstić information content (AvgIpc) is 3.04. The first-order valence-corrected chi connectivity index (χ1v) is 12.2. The van der Waals surface area contributed by atoms with Gasteiger partial charge in [0.1, 0.15) is 0 Å². The molecule has 0 aliphatic heterocycles. The lowest BCUT2D eigenvalue weighted by Crippen LogP contribution is -2.60. The van der Waals surface area contributed by atoms with Gasteiger partial charge in [0, 0.05) is 12.5 Å². The van der Waals surface area contributed by atoms with E-state index in [-0.39, 0.29) is 18.1 Å². The van der Waals surface area contributed by atoms with E-state index in [4.69, 9.17) is 10.5 Å². The van der Waals surface area contributed by atoms with Crippen molar-refractivity contribution in [1.29, 1.82) is 0 Å². The average molecular weight is 406 g/mol. The Morgan fingerprint density at radius 3 is 2.52 bits per heavy atom. The van der Waals surface area contributed by atoms with Gasteiger partial charge in [-0.05, 0) is 104 Å². The topological polar surface area (TPSA) is 72.5 Å². The van der Waals surface area contributed by atoms with Crippen LogP contribution in [0.25, 0.3) is 0 Å². The number of methoxy groups -OCH3 is 1. The maximum absolute atomic E-state index is 11.7. The Balaban J connectivity index is 1.53. The monoisotopic (exact) mass is 405 g/mol. The molecular formula is C25H43NO3. The van der Waals surface area contributed by atoms with Gasteiger partial charge in [0.2, 0.25) is 0 Å². The number of aliphatic hydroxyl groups is 1. The number of carbonyl (C=O) groups is 1. The summed E-state index contributed by atoms with van der Waals surface area (Å²) in [6.07, 6.45) is 10.8. The second kappa shape index (κ2) is 7.82. The second-order valence-electron chi connectivity index (χ2n) is 11.6. The zero-order valence-electron chi connectivity index (χ0n) is 19.0. The second-order valence-corrected chi connectivity index (χ2v) is 11.6. The van der Waals surface area contributed by atoms with E-state index in [2.05, 4.69) is 20.8 Å². The highest BCUT2D eigenvalue weighted by Gasteiger charge is 2.62. The predicted octanol–water partition coefficient (Wildman–Crippen LogP) is 4.53. The van der Waals surface area contributed by atoms with Gasteiger partial charge in [-0.2, -0.15) is 0 Å². The summed E-state index contributed by atoms with van der Waals surface area (Å²) in [6.45, 7) is 7.43. The summed E-state index contributed by atoms with van der Waals surface area (Å²) in [5, 5.41) is 10.3. The van der Waals surface area contributed by atoms with Gasteiger partial charge in [0.05, 0.1) is 13.2 Å². The van der Waals surface area contributed by atoms with Crippen molar-refractivity contribution >= 4 is 5.97 Å². The van der Waals surface area contributed by atoms with Gasteiger partial charge in [-0.1, -0.05) is 20.8 Å². The number of nitrogens with two attached hydrogens (primary N) is 1. The van der Waals surface area contributed by atoms with Crippen LogP contribution in [0, 0.1) is 46.3 Å². The Morgan fingerprint density at radius 1 is 1.10 bits per heavy atom. The van der Waals surface area contributed by atoms with Crippen LogP contribution in [0.3, 0.4) is 0 Å². The van der Waals surface area contributed by atoms with Crippen molar-refractivity contribution in [1.82, 2.24) is 0 Å². The molecule has 0 aromatic heterocycles. The quantitative estimate of drug-likeness (QED) is 0.674. The van der Waals surface area contributed by atoms with E-state index in [0.29, 0.717) is 40.9 Å². The summed E-state index contributed by atoms with van der Waals surface area (Å²) in [6, 6.07) is 0.289. The molecule has 4 heteroatoms. The van der Waals surface area contributed by atoms with E-state index in [1.165, 1.54) is 39.2 Å². The molecule has 0 spiro atoms. The minimum atomic E-state index is -0.114. The number of ether oxygens (including phenoxy) is 1. The van der Waals surface area contributed by atoms with Crippen LogP contribution >= 0.6 is 0 Å². The van der Waals surface area contributed by atoms with Gasteiger partial charge in [-0.25, -0.2) is 0 Å². The van der Waals surface area contributed by atoms with Gasteiger partial charge in [0.25, 0.3) is 0 Å². The molecule has 0 unspecified atom stereocenters. The molecule has 10 atom stereocenters. The Hall–Kier alpha value is -0.610. The Bertz CT molecular complexity index is 623. The molecule has 0 aromatic rings. The molecular weight excluding hydrogens is 362 g/mol. The molecule has 0 aromatic carbocycles. The molecule has 0 bridgehead atoms. The third-order valence-electron chi connectivity index (χ3n) is 10.5. The fourth-order valence-corrected chi connectivity index (χ4v) is 8.92. The highest BCUT2D eigenvalue weighted by atomic mass is 16.5. The molecule has 0 saturated heterocycles. The van der Waals surface area contributed by atoms with Crippen molar-refractivity contribution in [2.45, 2.75) is 97.1 Å². The lowest BCUT2D eigenvalue weighted by molar-refractivity contribution is -0.142. The summed E-state index contributed by atoms with van der Waals surface area (Å²) in [5.41, 5.74) is 7.65. The normalized spacial score (nSPS) is 50.2. The van der Waals surface area contributed by atoms with E-state index < -0.39 is 0 Å². The van der Waals surface area contributed by atoms with E-state index in [1.54, 1.807) is 0 Å². The number of esters is 1. The van der Waals surface area contributed by atoms with Gasteiger partial charge < -0.3 is 15.6 Å². The first kappa shape index (κ1) is 21.6. The molecule has 0 radical (unpaired) electrons. The van der Waals surface area contributed by atoms with Crippen molar-refractivity contribution < 1.29 is 14.6 Å². The zero-order chi connectivity index (χ0) is 21.0. The third-order valence-corrected chi connectivity index (χ3v) is 10.5. The van der Waals surface area contributed by atoms with Crippen molar-refractivity contribution in [3.63, 3.8) is 0 Å². The van der Waals surface area contributed by atoms with Crippen molar-refractivity contribution in [3.05, 3.63) is 0 Å². The van der Waals surface area contributed by atoms with Crippen LogP contribution in [0.2, 0.25) is 0 Å². The SMILES string of the molecule is COC(=O)CC[C@@H](C)[C@H]1CC[C@H]2[C@@H]3[C@H](N)C[C@@H]4C[C@H](O)CC[C@]4(C)[C@H]3CC[C@]12C. The summed E-state index contributed by atoms with van der Waals surface area (Å²) in [5.74, 6) is 3.88. The molecule has 4 nitrogen and oxygen atoms in total. The maximum Gasteiger partial charge on any atom is 0.305 e.